The van der Waals surface area contributed by atoms with Gasteiger partial charge in [0.1, 0.15) is 0 Å². The summed E-state index contributed by atoms with van der Waals surface area (Å²) in [5.41, 5.74) is 1.21. The van der Waals surface area contributed by atoms with Gasteiger partial charge in [0.15, 0.2) is 0 Å². The number of hydrogen-bond acceptors (Lipinski definition) is 3. The first-order valence-electron chi connectivity index (χ1n) is 6.07. The van der Waals surface area contributed by atoms with Crippen LogP contribution in [0.5, 0.6) is 0 Å². The minimum atomic E-state index is 0.321. The fraction of sp³-hybridized carbons (Fsp3) is 0.500. The van der Waals surface area contributed by atoms with Crippen molar-refractivity contribution < 1.29 is 9.53 Å². The molecule has 0 amide bonds. The molecule has 1 aliphatic rings. The van der Waals surface area contributed by atoms with E-state index in [0.29, 0.717) is 25.2 Å². The van der Waals surface area contributed by atoms with Crippen LogP contribution < -0.4 is 0 Å². The topological polar surface area (TPSA) is 38.7 Å². The number of isocyanates is 1. The Hall–Kier alpha value is -1.44. The van der Waals surface area contributed by atoms with Crippen LogP contribution >= 0.6 is 0 Å². The number of aliphatic imine (C=N–C) groups is 1. The summed E-state index contributed by atoms with van der Waals surface area (Å²) >= 11 is 0. The highest BCUT2D eigenvalue weighted by Crippen LogP contribution is 2.28. The molecule has 0 radical (unpaired) electrons. The number of rotatable bonds is 5. The Morgan fingerprint density at radius 2 is 2.12 bits per heavy atom. The molecule has 0 spiro atoms. The van der Waals surface area contributed by atoms with Crippen LogP contribution in [0.1, 0.15) is 24.8 Å². The fourth-order valence-corrected chi connectivity index (χ4v) is 2.30. The lowest BCUT2D eigenvalue weighted by molar-refractivity contribution is 0.0432. The van der Waals surface area contributed by atoms with Crippen molar-refractivity contribution in [3.05, 3.63) is 35.9 Å². The van der Waals surface area contributed by atoms with Gasteiger partial charge in [0.25, 0.3) is 0 Å². The van der Waals surface area contributed by atoms with Crippen LogP contribution in [0.2, 0.25) is 0 Å². The molecule has 2 atom stereocenters. The zero-order valence-corrected chi connectivity index (χ0v) is 9.84. The van der Waals surface area contributed by atoms with Gasteiger partial charge in [-0.25, -0.2) is 9.79 Å². The molecule has 90 valence electrons. The molecule has 0 aromatic heterocycles. The second-order valence-electron chi connectivity index (χ2n) is 4.53. The normalized spacial score (nSPS) is 23.3. The smallest absolute Gasteiger partial charge is 0.234 e. The van der Waals surface area contributed by atoms with Gasteiger partial charge in [0.05, 0.1) is 19.3 Å². The molecule has 0 bridgehead atoms. The Bertz CT molecular complexity index is 384. The largest absolute Gasteiger partial charge is 0.374 e. The molecular weight excluding hydrogens is 214 g/mol. The number of benzene rings is 1. The van der Waals surface area contributed by atoms with Crippen molar-refractivity contribution >= 4 is 6.08 Å². The highest BCUT2D eigenvalue weighted by atomic mass is 16.5. The maximum Gasteiger partial charge on any atom is 0.234 e. The molecule has 2 unspecified atom stereocenters. The second-order valence-corrected chi connectivity index (χ2v) is 4.53. The first kappa shape index (κ1) is 12.0. The van der Waals surface area contributed by atoms with E-state index in [-0.39, 0.29) is 0 Å². The molecule has 0 N–H and O–H groups in total. The number of hydrogen-bond donors (Lipinski definition) is 0. The Balaban J connectivity index is 1.73. The standard InChI is InChI=1S/C14H17NO2/c16-11-15-9-13-6-7-14(8-13)17-10-12-4-2-1-3-5-12/h1-5,13-14H,6-10H2. The number of nitrogens with zero attached hydrogens (tertiary/aromatic N) is 1. The number of ether oxygens (including phenoxy) is 1. The van der Waals surface area contributed by atoms with Crippen molar-refractivity contribution in [3.63, 3.8) is 0 Å². The Morgan fingerprint density at radius 3 is 2.88 bits per heavy atom. The minimum absolute atomic E-state index is 0.321. The molecule has 1 aliphatic carbocycles. The van der Waals surface area contributed by atoms with Gasteiger partial charge in [-0.05, 0) is 30.7 Å². The van der Waals surface area contributed by atoms with Crippen molar-refractivity contribution in [3.8, 4) is 0 Å². The molecule has 0 aliphatic heterocycles. The zero-order chi connectivity index (χ0) is 11.9. The average Bonchev–Trinajstić information content (AvgIpc) is 2.83. The van der Waals surface area contributed by atoms with Crippen LogP contribution in [0.3, 0.4) is 0 Å². The molecule has 0 saturated heterocycles. The van der Waals surface area contributed by atoms with E-state index in [4.69, 9.17) is 4.74 Å². The summed E-state index contributed by atoms with van der Waals surface area (Å²) in [4.78, 5) is 13.7. The van der Waals surface area contributed by atoms with Crippen LogP contribution in [-0.2, 0) is 16.1 Å². The van der Waals surface area contributed by atoms with E-state index in [2.05, 4.69) is 17.1 Å². The van der Waals surface area contributed by atoms with Gasteiger partial charge in [-0.3, -0.25) is 0 Å². The lowest BCUT2D eigenvalue weighted by Crippen LogP contribution is -2.09. The monoisotopic (exact) mass is 231 g/mol. The summed E-state index contributed by atoms with van der Waals surface area (Å²) in [6.07, 6.45) is 5.11. The fourth-order valence-electron chi connectivity index (χ4n) is 2.30. The van der Waals surface area contributed by atoms with Crippen molar-refractivity contribution in [2.45, 2.75) is 32.0 Å². The van der Waals surface area contributed by atoms with Crippen LogP contribution in [0.25, 0.3) is 0 Å². The molecule has 3 nitrogen and oxygen atoms in total. The van der Waals surface area contributed by atoms with E-state index < -0.39 is 0 Å². The van der Waals surface area contributed by atoms with Gasteiger partial charge < -0.3 is 4.74 Å². The van der Waals surface area contributed by atoms with E-state index in [0.717, 1.165) is 19.3 Å². The molecule has 3 heteroatoms. The summed E-state index contributed by atoms with van der Waals surface area (Å²) < 4.78 is 5.86. The minimum Gasteiger partial charge on any atom is -0.374 e. The van der Waals surface area contributed by atoms with Gasteiger partial charge in [0, 0.05) is 0 Å². The molecular formula is C14H17NO2. The highest BCUT2D eigenvalue weighted by Gasteiger charge is 2.24. The summed E-state index contributed by atoms with van der Waals surface area (Å²) in [6.45, 7) is 1.28. The van der Waals surface area contributed by atoms with E-state index in [1.807, 2.05) is 18.2 Å². The lowest BCUT2D eigenvalue weighted by Gasteiger charge is -2.11. The molecule has 1 saturated carbocycles. The lowest BCUT2D eigenvalue weighted by atomic mass is 10.1. The third-order valence-corrected chi connectivity index (χ3v) is 3.24. The van der Waals surface area contributed by atoms with E-state index in [9.17, 15) is 4.79 Å². The first-order valence-corrected chi connectivity index (χ1v) is 6.07. The molecule has 17 heavy (non-hydrogen) atoms. The maximum atomic E-state index is 10.0. The van der Waals surface area contributed by atoms with Gasteiger partial charge in [0.2, 0.25) is 6.08 Å². The van der Waals surface area contributed by atoms with Gasteiger partial charge in [-0.2, -0.15) is 0 Å². The molecule has 1 aromatic carbocycles. The van der Waals surface area contributed by atoms with E-state index in [1.165, 1.54) is 5.56 Å². The van der Waals surface area contributed by atoms with Crippen molar-refractivity contribution in [1.82, 2.24) is 0 Å². The Morgan fingerprint density at radius 1 is 1.29 bits per heavy atom. The Labute approximate surface area is 102 Å². The summed E-state index contributed by atoms with van der Waals surface area (Å²) in [5, 5.41) is 0. The van der Waals surface area contributed by atoms with Gasteiger partial charge in [-0.1, -0.05) is 30.3 Å². The van der Waals surface area contributed by atoms with Crippen LogP contribution in [0, 0.1) is 5.92 Å². The van der Waals surface area contributed by atoms with Crippen LogP contribution in [0.4, 0.5) is 0 Å². The van der Waals surface area contributed by atoms with Crippen molar-refractivity contribution in [2.75, 3.05) is 6.54 Å². The second kappa shape index (κ2) is 6.33. The summed E-state index contributed by atoms with van der Waals surface area (Å²) in [6, 6.07) is 10.2. The van der Waals surface area contributed by atoms with Crippen molar-refractivity contribution in [2.24, 2.45) is 10.9 Å². The third-order valence-electron chi connectivity index (χ3n) is 3.24. The third kappa shape index (κ3) is 3.81. The maximum absolute atomic E-state index is 10.0. The SMILES string of the molecule is O=C=NCC1CCC(OCc2ccccc2)C1. The highest BCUT2D eigenvalue weighted by molar-refractivity contribution is 5.32. The zero-order valence-electron chi connectivity index (χ0n) is 9.84. The van der Waals surface area contributed by atoms with Crippen LogP contribution in [0.15, 0.2) is 35.3 Å². The van der Waals surface area contributed by atoms with Crippen LogP contribution in [-0.4, -0.2) is 18.7 Å². The molecule has 1 fully saturated rings. The Kier molecular flexibility index (Phi) is 4.48. The van der Waals surface area contributed by atoms with E-state index >= 15 is 0 Å². The van der Waals surface area contributed by atoms with Gasteiger partial charge >= 0.3 is 0 Å². The molecule has 1 aromatic rings. The van der Waals surface area contributed by atoms with E-state index in [1.54, 1.807) is 6.08 Å². The predicted molar refractivity (Wildman–Crippen MR) is 65.3 cm³/mol. The quantitative estimate of drug-likeness (QED) is 0.577. The molecule has 0 heterocycles. The summed E-state index contributed by atoms with van der Waals surface area (Å²) in [7, 11) is 0. The average molecular weight is 231 g/mol. The predicted octanol–water partition coefficient (Wildman–Crippen LogP) is 2.71. The van der Waals surface area contributed by atoms with Gasteiger partial charge in [-0.15, -0.1) is 0 Å². The molecule has 2 rings (SSSR count). The number of carbonyl (C=O) groups excluding carboxylic acids is 1. The van der Waals surface area contributed by atoms with Crippen molar-refractivity contribution in [1.29, 1.82) is 0 Å². The summed E-state index contributed by atoms with van der Waals surface area (Å²) in [5.74, 6) is 0.497. The first-order chi connectivity index (χ1) is 8.38.